The molecular weight excluding hydrogens is 261 g/mol. The third-order valence-electron chi connectivity index (χ3n) is 3.69. The molecule has 0 aromatic heterocycles. The number of benzene rings is 2. The number of hydrogen-bond acceptors (Lipinski definition) is 1. The van der Waals surface area contributed by atoms with Crippen molar-refractivity contribution < 1.29 is 0 Å². The quantitative estimate of drug-likeness (QED) is 0.803. The molecular formula is C18H24NP. The average Bonchev–Trinajstić information content (AvgIpc) is 2.50. The summed E-state index contributed by atoms with van der Waals surface area (Å²) in [5, 5.41) is 6.42. The van der Waals surface area contributed by atoms with Crippen molar-refractivity contribution in [2.24, 2.45) is 5.92 Å². The molecule has 0 heterocycles. The maximum atomic E-state index is 3.49. The van der Waals surface area contributed by atoms with E-state index in [1.807, 2.05) is 0 Å². The third-order valence-corrected chi connectivity index (χ3v) is 6.29. The number of rotatable bonds is 6. The first-order valence-corrected chi connectivity index (χ1v) is 8.80. The fraction of sp³-hybridized carbons (Fsp3) is 0.333. The molecule has 0 aliphatic rings. The summed E-state index contributed by atoms with van der Waals surface area (Å²) in [7, 11) is 1.79. The lowest BCUT2D eigenvalue weighted by Gasteiger charge is -2.27. The molecule has 0 aliphatic heterocycles. The molecule has 0 fully saturated rings. The van der Waals surface area contributed by atoms with E-state index in [0.29, 0.717) is 12.0 Å². The zero-order valence-electron chi connectivity index (χ0n) is 12.6. The molecule has 0 saturated heterocycles. The van der Waals surface area contributed by atoms with Crippen LogP contribution in [0.3, 0.4) is 0 Å². The lowest BCUT2D eigenvalue weighted by Crippen LogP contribution is -2.36. The first kappa shape index (κ1) is 15.2. The topological polar surface area (TPSA) is 12.0 Å². The van der Waals surface area contributed by atoms with E-state index >= 15 is 0 Å². The molecule has 1 nitrogen and oxygen atoms in total. The van der Waals surface area contributed by atoms with Crippen molar-refractivity contribution in [2.45, 2.75) is 19.9 Å². The highest BCUT2D eigenvalue weighted by Gasteiger charge is 2.20. The standard InChI is InChI=1S/C18H24NP/c1-15(2)18(19-3)14-20(16-10-6-4-7-11-16)17-12-8-5-9-13-17/h4-13,15,18-19H,14H2,1-3H3/t18-/m0/s1. The SMILES string of the molecule is CN[C@@H](CP(c1ccccc1)c1ccccc1)C(C)C. The van der Waals surface area contributed by atoms with Gasteiger partial charge in [-0.25, -0.2) is 0 Å². The second-order valence-corrected chi connectivity index (χ2v) is 7.67. The molecule has 2 rings (SSSR count). The van der Waals surface area contributed by atoms with Crippen molar-refractivity contribution in [3.8, 4) is 0 Å². The summed E-state index contributed by atoms with van der Waals surface area (Å²) in [6, 6.07) is 22.4. The molecule has 0 bridgehead atoms. The van der Waals surface area contributed by atoms with Gasteiger partial charge in [0.15, 0.2) is 0 Å². The molecule has 0 aliphatic carbocycles. The van der Waals surface area contributed by atoms with E-state index < -0.39 is 0 Å². The molecule has 0 saturated carbocycles. The summed E-state index contributed by atoms with van der Waals surface area (Å²) in [5.74, 6) is 0.650. The second-order valence-electron chi connectivity index (χ2n) is 5.42. The molecule has 2 aromatic rings. The van der Waals surface area contributed by atoms with Gasteiger partial charge in [-0.2, -0.15) is 0 Å². The Kier molecular flexibility index (Phi) is 5.76. The van der Waals surface area contributed by atoms with Crippen molar-refractivity contribution >= 4 is 18.5 Å². The van der Waals surface area contributed by atoms with Gasteiger partial charge in [0, 0.05) is 6.04 Å². The van der Waals surface area contributed by atoms with E-state index in [4.69, 9.17) is 0 Å². The van der Waals surface area contributed by atoms with Crippen LogP contribution in [-0.2, 0) is 0 Å². The van der Waals surface area contributed by atoms with Gasteiger partial charge in [-0.05, 0) is 37.7 Å². The summed E-state index contributed by atoms with van der Waals surface area (Å²) in [4.78, 5) is 0. The summed E-state index contributed by atoms with van der Waals surface area (Å²) in [6.45, 7) is 4.59. The minimum Gasteiger partial charge on any atom is -0.316 e. The molecule has 0 spiro atoms. The Labute approximate surface area is 124 Å². The van der Waals surface area contributed by atoms with Crippen LogP contribution in [0.25, 0.3) is 0 Å². The van der Waals surface area contributed by atoms with E-state index in [9.17, 15) is 0 Å². The highest BCUT2D eigenvalue weighted by molar-refractivity contribution is 7.73. The predicted octanol–water partition coefficient (Wildman–Crippen LogP) is 3.36. The van der Waals surface area contributed by atoms with E-state index in [0.717, 1.165) is 0 Å². The van der Waals surface area contributed by atoms with Gasteiger partial charge >= 0.3 is 0 Å². The number of hydrogen-bond donors (Lipinski definition) is 1. The molecule has 1 N–H and O–H groups in total. The number of nitrogens with one attached hydrogen (secondary N) is 1. The lowest BCUT2D eigenvalue weighted by atomic mass is 10.1. The van der Waals surface area contributed by atoms with E-state index in [2.05, 4.69) is 86.9 Å². The molecule has 0 unspecified atom stereocenters. The molecule has 2 aromatic carbocycles. The molecule has 0 amide bonds. The summed E-state index contributed by atoms with van der Waals surface area (Å²) in [6.07, 6.45) is 1.19. The normalized spacial score (nSPS) is 12.8. The highest BCUT2D eigenvalue weighted by Crippen LogP contribution is 2.35. The largest absolute Gasteiger partial charge is 0.316 e. The van der Waals surface area contributed by atoms with Gasteiger partial charge in [-0.1, -0.05) is 74.5 Å². The van der Waals surface area contributed by atoms with Crippen LogP contribution in [0.1, 0.15) is 13.8 Å². The minimum absolute atomic E-state index is 0.291. The van der Waals surface area contributed by atoms with Crippen molar-refractivity contribution in [1.82, 2.24) is 5.32 Å². The summed E-state index contributed by atoms with van der Waals surface area (Å²) in [5.41, 5.74) is 0. The third kappa shape index (κ3) is 3.91. The second kappa shape index (κ2) is 7.57. The van der Waals surface area contributed by atoms with Crippen molar-refractivity contribution in [1.29, 1.82) is 0 Å². The van der Waals surface area contributed by atoms with Crippen LogP contribution >= 0.6 is 7.92 Å². The van der Waals surface area contributed by atoms with Crippen molar-refractivity contribution in [3.63, 3.8) is 0 Å². The Morgan fingerprint density at radius 1 is 0.850 bits per heavy atom. The van der Waals surface area contributed by atoms with Gasteiger partial charge in [0.1, 0.15) is 0 Å². The molecule has 106 valence electrons. The van der Waals surface area contributed by atoms with Crippen LogP contribution in [-0.4, -0.2) is 19.3 Å². The van der Waals surface area contributed by atoms with Crippen LogP contribution in [0, 0.1) is 5.92 Å². The Hall–Kier alpha value is -1.17. The predicted molar refractivity (Wildman–Crippen MR) is 91.6 cm³/mol. The van der Waals surface area contributed by atoms with Gasteiger partial charge < -0.3 is 5.32 Å². The van der Waals surface area contributed by atoms with Crippen molar-refractivity contribution in [2.75, 3.05) is 13.2 Å². The van der Waals surface area contributed by atoms with Crippen LogP contribution in [0.2, 0.25) is 0 Å². The fourth-order valence-electron chi connectivity index (χ4n) is 2.41. The van der Waals surface area contributed by atoms with E-state index in [-0.39, 0.29) is 7.92 Å². The zero-order valence-corrected chi connectivity index (χ0v) is 13.5. The van der Waals surface area contributed by atoms with Gasteiger partial charge in [0.2, 0.25) is 0 Å². The van der Waals surface area contributed by atoms with Crippen LogP contribution in [0.15, 0.2) is 60.7 Å². The van der Waals surface area contributed by atoms with Gasteiger partial charge in [0.25, 0.3) is 0 Å². The van der Waals surface area contributed by atoms with Crippen LogP contribution in [0.5, 0.6) is 0 Å². The first-order valence-electron chi connectivity index (χ1n) is 7.27. The van der Waals surface area contributed by atoms with Gasteiger partial charge in [-0.15, -0.1) is 0 Å². The van der Waals surface area contributed by atoms with E-state index in [1.54, 1.807) is 0 Å². The maximum Gasteiger partial charge on any atom is 0.0132 e. The minimum atomic E-state index is -0.291. The first-order chi connectivity index (χ1) is 9.72. The monoisotopic (exact) mass is 285 g/mol. The lowest BCUT2D eigenvalue weighted by molar-refractivity contribution is 0.464. The highest BCUT2D eigenvalue weighted by atomic mass is 31.1. The molecule has 2 heteroatoms. The Morgan fingerprint density at radius 2 is 1.30 bits per heavy atom. The summed E-state index contributed by atoms with van der Waals surface area (Å²) >= 11 is 0. The zero-order chi connectivity index (χ0) is 14.4. The Bertz CT molecular complexity index is 456. The molecule has 20 heavy (non-hydrogen) atoms. The molecule has 1 atom stereocenters. The Morgan fingerprint density at radius 3 is 1.65 bits per heavy atom. The average molecular weight is 285 g/mol. The summed E-state index contributed by atoms with van der Waals surface area (Å²) < 4.78 is 0. The maximum absolute atomic E-state index is 3.49. The van der Waals surface area contributed by atoms with Crippen molar-refractivity contribution in [3.05, 3.63) is 60.7 Å². The smallest absolute Gasteiger partial charge is 0.0132 e. The molecule has 0 radical (unpaired) electrons. The van der Waals surface area contributed by atoms with Gasteiger partial charge in [0.05, 0.1) is 0 Å². The van der Waals surface area contributed by atoms with E-state index in [1.165, 1.54) is 16.8 Å². The van der Waals surface area contributed by atoms with Crippen LogP contribution < -0.4 is 15.9 Å². The Balaban J connectivity index is 2.30. The fourth-order valence-corrected chi connectivity index (χ4v) is 5.19. The van der Waals surface area contributed by atoms with Crippen LogP contribution in [0.4, 0.5) is 0 Å². The van der Waals surface area contributed by atoms with Gasteiger partial charge in [-0.3, -0.25) is 0 Å².